The first-order valence-corrected chi connectivity index (χ1v) is 7.13. The predicted octanol–water partition coefficient (Wildman–Crippen LogP) is 3.17. The van der Waals surface area contributed by atoms with Crippen molar-refractivity contribution in [2.45, 2.75) is 20.4 Å². The quantitative estimate of drug-likeness (QED) is 0.794. The van der Waals surface area contributed by atoms with E-state index >= 15 is 0 Å². The Morgan fingerprint density at radius 1 is 1.37 bits per heavy atom. The third-order valence-electron chi connectivity index (χ3n) is 2.94. The van der Waals surface area contributed by atoms with E-state index in [9.17, 15) is 0 Å². The average Bonchev–Trinajstić information content (AvgIpc) is 2.37. The van der Waals surface area contributed by atoms with Crippen molar-refractivity contribution in [2.24, 2.45) is 5.92 Å². The Morgan fingerprint density at radius 3 is 2.68 bits per heavy atom. The summed E-state index contributed by atoms with van der Waals surface area (Å²) in [5.41, 5.74) is 2.36. The Labute approximate surface area is 121 Å². The summed E-state index contributed by atoms with van der Waals surface area (Å²) in [5, 5.41) is 4.00. The van der Waals surface area contributed by atoms with Gasteiger partial charge in [0.2, 0.25) is 0 Å². The maximum atomic E-state index is 6.32. The Kier molecular flexibility index (Phi) is 7.21. The molecule has 0 fully saturated rings. The molecule has 0 bridgehead atoms. The van der Waals surface area contributed by atoms with E-state index in [1.54, 1.807) is 7.11 Å². The molecule has 4 heteroatoms. The first kappa shape index (κ1) is 16.3. The van der Waals surface area contributed by atoms with E-state index in [0.29, 0.717) is 5.92 Å². The highest BCUT2D eigenvalue weighted by Crippen LogP contribution is 2.28. The molecule has 108 valence electrons. The standard InChI is InChI=1S/C15H25ClN2O/c1-12(2)11-18(8-9-19-4)15-7-5-6-14(16)13(15)10-17-3/h5-7,12,17H,8-11H2,1-4H3. The van der Waals surface area contributed by atoms with Crippen LogP contribution >= 0.6 is 11.6 Å². The van der Waals surface area contributed by atoms with Crippen molar-refractivity contribution >= 4 is 17.3 Å². The monoisotopic (exact) mass is 284 g/mol. The molecule has 0 aliphatic heterocycles. The Balaban J connectivity index is 3.02. The van der Waals surface area contributed by atoms with Crippen molar-refractivity contribution in [3.8, 4) is 0 Å². The van der Waals surface area contributed by atoms with Gasteiger partial charge < -0.3 is 15.0 Å². The van der Waals surface area contributed by atoms with Crippen LogP contribution in [0.1, 0.15) is 19.4 Å². The lowest BCUT2D eigenvalue weighted by molar-refractivity contribution is 0.204. The topological polar surface area (TPSA) is 24.5 Å². The number of anilines is 1. The number of hydrogen-bond acceptors (Lipinski definition) is 3. The first-order chi connectivity index (χ1) is 9.10. The van der Waals surface area contributed by atoms with Gasteiger partial charge in [-0.05, 0) is 25.1 Å². The van der Waals surface area contributed by atoms with Gasteiger partial charge in [0.15, 0.2) is 0 Å². The van der Waals surface area contributed by atoms with Gasteiger partial charge in [0.25, 0.3) is 0 Å². The highest BCUT2D eigenvalue weighted by atomic mass is 35.5. The molecule has 1 rings (SSSR count). The van der Waals surface area contributed by atoms with Crippen molar-refractivity contribution < 1.29 is 4.74 Å². The molecule has 0 unspecified atom stereocenters. The molecule has 0 aliphatic rings. The lowest BCUT2D eigenvalue weighted by Gasteiger charge is -2.29. The largest absolute Gasteiger partial charge is 0.383 e. The molecule has 0 saturated carbocycles. The summed E-state index contributed by atoms with van der Waals surface area (Å²) >= 11 is 6.32. The number of nitrogens with zero attached hydrogens (tertiary/aromatic N) is 1. The highest BCUT2D eigenvalue weighted by molar-refractivity contribution is 6.31. The summed E-state index contributed by atoms with van der Waals surface area (Å²) in [7, 11) is 3.68. The molecule has 0 radical (unpaired) electrons. The van der Waals surface area contributed by atoms with Crippen LogP contribution in [0.4, 0.5) is 5.69 Å². The number of hydrogen-bond donors (Lipinski definition) is 1. The maximum absolute atomic E-state index is 6.32. The minimum atomic E-state index is 0.596. The summed E-state index contributed by atoms with van der Waals surface area (Å²) in [6.07, 6.45) is 0. The summed E-state index contributed by atoms with van der Waals surface area (Å²) in [5.74, 6) is 0.596. The number of nitrogens with one attached hydrogen (secondary N) is 1. The predicted molar refractivity (Wildman–Crippen MR) is 83.1 cm³/mol. The van der Waals surface area contributed by atoms with Gasteiger partial charge in [0.05, 0.1) is 6.61 Å². The second-order valence-corrected chi connectivity index (χ2v) is 5.51. The highest BCUT2D eigenvalue weighted by Gasteiger charge is 2.14. The average molecular weight is 285 g/mol. The minimum absolute atomic E-state index is 0.596. The molecule has 3 nitrogen and oxygen atoms in total. The van der Waals surface area contributed by atoms with E-state index in [-0.39, 0.29) is 0 Å². The number of benzene rings is 1. The number of rotatable bonds is 8. The fourth-order valence-electron chi connectivity index (χ4n) is 2.15. The lowest BCUT2D eigenvalue weighted by atomic mass is 10.1. The Bertz CT molecular complexity index is 382. The van der Waals surface area contributed by atoms with E-state index in [1.807, 2.05) is 19.2 Å². The van der Waals surface area contributed by atoms with Gasteiger partial charge in [-0.3, -0.25) is 0 Å². The van der Waals surface area contributed by atoms with Crippen LogP contribution in [0.25, 0.3) is 0 Å². The van der Waals surface area contributed by atoms with E-state index < -0.39 is 0 Å². The summed E-state index contributed by atoms with van der Waals surface area (Å²) in [6, 6.07) is 6.09. The van der Waals surface area contributed by atoms with Gasteiger partial charge in [-0.15, -0.1) is 0 Å². The number of ether oxygens (including phenoxy) is 1. The van der Waals surface area contributed by atoms with Crippen LogP contribution in [0.15, 0.2) is 18.2 Å². The van der Waals surface area contributed by atoms with Gasteiger partial charge in [-0.2, -0.15) is 0 Å². The second kappa shape index (κ2) is 8.41. The van der Waals surface area contributed by atoms with Crippen molar-refractivity contribution in [2.75, 3.05) is 38.8 Å². The molecule has 1 aromatic carbocycles. The summed E-state index contributed by atoms with van der Waals surface area (Å²) < 4.78 is 5.22. The van der Waals surface area contributed by atoms with E-state index in [1.165, 1.54) is 5.69 Å². The zero-order valence-corrected chi connectivity index (χ0v) is 13.1. The maximum Gasteiger partial charge on any atom is 0.0637 e. The zero-order valence-electron chi connectivity index (χ0n) is 12.4. The third-order valence-corrected chi connectivity index (χ3v) is 3.29. The van der Waals surface area contributed by atoms with Crippen molar-refractivity contribution in [3.63, 3.8) is 0 Å². The van der Waals surface area contributed by atoms with Crippen molar-refractivity contribution in [1.29, 1.82) is 0 Å². The van der Waals surface area contributed by atoms with Crippen LogP contribution < -0.4 is 10.2 Å². The van der Waals surface area contributed by atoms with Crippen LogP contribution in [-0.4, -0.2) is 33.9 Å². The fourth-order valence-corrected chi connectivity index (χ4v) is 2.38. The first-order valence-electron chi connectivity index (χ1n) is 6.76. The van der Waals surface area contributed by atoms with Crippen molar-refractivity contribution in [1.82, 2.24) is 5.32 Å². The zero-order chi connectivity index (χ0) is 14.3. The third kappa shape index (κ3) is 5.01. The summed E-state index contributed by atoms with van der Waals surface area (Å²) in [4.78, 5) is 2.35. The van der Waals surface area contributed by atoms with Crippen LogP contribution in [0, 0.1) is 5.92 Å². The molecule has 0 atom stereocenters. The van der Waals surface area contributed by atoms with Gasteiger partial charge in [0.1, 0.15) is 0 Å². The van der Waals surface area contributed by atoms with Gasteiger partial charge in [-0.1, -0.05) is 31.5 Å². The molecule has 1 N–H and O–H groups in total. The Morgan fingerprint density at radius 2 is 2.11 bits per heavy atom. The molecule has 0 amide bonds. The van der Waals surface area contributed by atoms with Gasteiger partial charge in [-0.25, -0.2) is 0 Å². The molecule has 0 aliphatic carbocycles. The van der Waals surface area contributed by atoms with E-state index in [0.717, 1.165) is 36.8 Å². The smallest absolute Gasteiger partial charge is 0.0637 e. The van der Waals surface area contributed by atoms with Gasteiger partial charge >= 0.3 is 0 Å². The molecular weight excluding hydrogens is 260 g/mol. The van der Waals surface area contributed by atoms with Crippen LogP contribution in [0.3, 0.4) is 0 Å². The molecule has 0 saturated heterocycles. The van der Waals surface area contributed by atoms with Crippen molar-refractivity contribution in [3.05, 3.63) is 28.8 Å². The van der Waals surface area contributed by atoms with Crippen LogP contribution in [0.2, 0.25) is 5.02 Å². The summed E-state index contributed by atoms with van der Waals surface area (Å²) in [6.45, 7) is 7.82. The lowest BCUT2D eigenvalue weighted by Crippen LogP contribution is -2.32. The minimum Gasteiger partial charge on any atom is -0.383 e. The fraction of sp³-hybridized carbons (Fsp3) is 0.600. The van der Waals surface area contributed by atoms with Gasteiger partial charge in [0, 0.05) is 43.0 Å². The van der Waals surface area contributed by atoms with E-state index in [4.69, 9.17) is 16.3 Å². The molecule has 0 heterocycles. The van der Waals surface area contributed by atoms with Crippen LogP contribution in [0.5, 0.6) is 0 Å². The molecule has 1 aromatic rings. The second-order valence-electron chi connectivity index (χ2n) is 5.10. The Hall–Kier alpha value is -0.770. The number of methoxy groups -OCH3 is 1. The molecular formula is C15H25ClN2O. The number of halogens is 1. The normalized spacial score (nSPS) is 11.1. The molecule has 0 spiro atoms. The SMILES string of the molecule is CNCc1c(Cl)cccc1N(CCOC)CC(C)C. The molecule has 19 heavy (non-hydrogen) atoms. The molecule has 0 aromatic heterocycles. The van der Waals surface area contributed by atoms with E-state index in [2.05, 4.69) is 30.1 Å². The van der Waals surface area contributed by atoms with Crippen LogP contribution in [-0.2, 0) is 11.3 Å².